The molecule has 240 valence electrons. The van der Waals surface area contributed by atoms with Crippen molar-refractivity contribution >= 4 is 23.7 Å². The molecule has 0 bridgehead atoms. The average Bonchev–Trinajstić information content (AvgIpc) is 2.96. The van der Waals surface area contributed by atoms with Crippen molar-refractivity contribution in [3.05, 3.63) is 0 Å². The molecule has 0 saturated heterocycles. The van der Waals surface area contributed by atoms with Gasteiger partial charge >= 0.3 is 17.9 Å². The number of carboxylic acids is 1. The lowest BCUT2D eigenvalue weighted by atomic mass is 10.1. The molecule has 41 heavy (non-hydrogen) atoms. The van der Waals surface area contributed by atoms with E-state index in [0.717, 1.165) is 12.8 Å². The SMILES string of the molecule is CCCCCCCCC(=O)OCCOCCOCCOCCOCCOCCOCCOC(=O)CCC(=O)C(=O)O. The first kappa shape index (κ1) is 38.8. The monoisotopic (exact) mass is 594 g/mol. The first-order valence-electron chi connectivity index (χ1n) is 14.5. The van der Waals surface area contributed by atoms with Crippen LogP contribution in [-0.2, 0) is 57.1 Å². The molecule has 0 atom stereocenters. The van der Waals surface area contributed by atoms with Crippen molar-refractivity contribution in [2.45, 2.75) is 64.7 Å². The van der Waals surface area contributed by atoms with Gasteiger partial charge in [-0.3, -0.25) is 14.4 Å². The Morgan fingerprint density at radius 1 is 0.439 bits per heavy atom. The molecule has 0 aliphatic rings. The number of esters is 2. The minimum absolute atomic E-state index is 0.0140. The maximum Gasteiger partial charge on any atom is 0.372 e. The molecule has 0 aliphatic heterocycles. The quantitative estimate of drug-likeness (QED) is 0.0687. The van der Waals surface area contributed by atoms with Crippen LogP contribution in [0.25, 0.3) is 0 Å². The highest BCUT2D eigenvalue weighted by Gasteiger charge is 2.14. The summed E-state index contributed by atoms with van der Waals surface area (Å²) in [5.41, 5.74) is 0. The van der Waals surface area contributed by atoms with Gasteiger partial charge in [0.15, 0.2) is 0 Å². The zero-order valence-electron chi connectivity index (χ0n) is 24.6. The molecule has 0 radical (unpaired) electrons. The van der Waals surface area contributed by atoms with Crippen LogP contribution in [0, 0.1) is 0 Å². The summed E-state index contributed by atoms with van der Waals surface area (Å²) < 4.78 is 42.2. The number of rotatable bonds is 32. The molecule has 1 N–H and O–H groups in total. The molecule has 0 aromatic heterocycles. The van der Waals surface area contributed by atoms with Gasteiger partial charge in [-0.15, -0.1) is 0 Å². The first-order chi connectivity index (χ1) is 20.0. The van der Waals surface area contributed by atoms with Gasteiger partial charge in [-0.25, -0.2) is 4.79 Å². The Hall–Kier alpha value is -2.16. The number of aliphatic carboxylic acids is 1. The van der Waals surface area contributed by atoms with Gasteiger partial charge in [0.2, 0.25) is 5.78 Å². The number of unbranched alkanes of at least 4 members (excludes halogenated alkanes) is 5. The molecule has 0 fully saturated rings. The second-order valence-corrected chi connectivity index (χ2v) is 8.86. The van der Waals surface area contributed by atoms with Crippen LogP contribution in [0.1, 0.15) is 64.7 Å². The average molecular weight is 595 g/mol. The largest absolute Gasteiger partial charge is 0.476 e. The third-order valence-corrected chi connectivity index (χ3v) is 5.37. The zero-order chi connectivity index (χ0) is 30.2. The van der Waals surface area contributed by atoms with Crippen LogP contribution in [0.2, 0.25) is 0 Å². The third kappa shape index (κ3) is 30.6. The van der Waals surface area contributed by atoms with Gasteiger partial charge in [0, 0.05) is 12.8 Å². The zero-order valence-corrected chi connectivity index (χ0v) is 24.6. The van der Waals surface area contributed by atoms with E-state index in [1.165, 1.54) is 25.7 Å². The number of ketones is 1. The van der Waals surface area contributed by atoms with E-state index in [1.54, 1.807) is 0 Å². The number of ether oxygens (including phenoxy) is 8. The summed E-state index contributed by atoms with van der Waals surface area (Å²) >= 11 is 0. The van der Waals surface area contributed by atoms with Gasteiger partial charge in [0.05, 0.1) is 85.7 Å². The molecule has 0 rings (SSSR count). The van der Waals surface area contributed by atoms with Crippen LogP contribution < -0.4 is 0 Å². The molecule has 0 saturated carbocycles. The Bertz CT molecular complexity index is 657. The minimum atomic E-state index is -1.56. The maximum absolute atomic E-state index is 11.6. The van der Waals surface area contributed by atoms with Gasteiger partial charge in [0.1, 0.15) is 13.2 Å². The Balaban J connectivity index is 3.19. The number of hydrogen-bond acceptors (Lipinski definition) is 12. The summed E-state index contributed by atoms with van der Waals surface area (Å²) in [6, 6.07) is 0. The van der Waals surface area contributed by atoms with Crippen molar-refractivity contribution in [1.29, 1.82) is 0 Å². The molecule has 0 amide bonds. The van der Waals surface area contributed by atoms with Crippen molar-refractivity contribution in [2.24, 2.45) is 0 Å². The highest BCUT2D eigenvalue weighted by atomic mass is 16.6. The number of carbonyl (C=O) groups excluding carboxylic acids is 3. The van der Waals surface area contributed by atoms with Gasteiger partial charge in [0.25, 0.3) is 0 Å². The first-order valence-corrected chi connectivity index (χ1v) is 14.5. The predicted octanol–water partition coefficient (Wildman–Crippen LogP) is 2.36. The van der Waals surface area contributed by atoms with E-state index < -0.39 is 17.7 Å². The van der Waals surface area contributed by atoms with Crippen LogP contribution >= 0.6 is 0 Å². The Morgan fingerprint density at radius 2 is 0.780 bits per heavy atom. The molecule has 0 aliphatic carbocycles. The van der Waals surface area contributed by atoms with E-state index >= 15 is 0 Å². The van der Waals surface area contributed by atoms with Crippen LogP contribution in [0.4, 0.5) is 0 Å². The topological polar surface area (TPSA) is 162 Å². The van der Waals surface area contributed by atoms with Crippen LogP contribution in [-0.4, -0.2) is 121 Å². The second kappa shape index (κ2) is 30.8. The van der Waals surface area contributed by atoms with Crippen molar-refractivity contribution in [3.8, 4) is 0 Å². The van der Waals surface area contributed by atoms with Crippen molar-refractivity contribution < 1.29 is 62.2 Å². The van der Waals surface area contributed by atoms with Gasteiger partial charge in [-0.2, -0.15) is 0 Å². The molecule has 0 aromatic carbocycles. The third-order valence-electron chi connectivity index (χ3n) is 5.37. The fourth-order valence-corrected chi connectivity index (χ4v) is 3.15. The lowest BCUT2D eigenvalue weighted by Crippen LogP contribution is -2.17. The van der Waals surface area contributed by atoms with Gasteiger partial charge in [-0.05, 0) is 6.42 Å². The molecule has 13 heteroatoms. The van der Waals surface area contributed by atoms with E-state index in [2.05, 4.69) is 6.92 Å². The molecule has 0 unspecified atom stereocenters. The summed E-state index contributed by atoms with van der Waals surface area (Å²) in [5.74, 6) is -3.40. The lowest BCUT2D eigenvalue weighted by molar-refractivity contribution is -0.151. The van der Waals surface area contributed by atoms with Crippen molar-refractivity contribution in [2.75, 3.05) is 92.5 Å². The normalized spacial score (nSPS) is 11.0. The summed E-state index contributed by atoms with van der Waals surface area (Å²) in [6.07, 6.45) is 6.67. The molecule has 0 aromatic rings. The molecular weight excluding hydrogens is 544 g/mol. The summed E-state index contributed by atoms with van der Waals surface area (Å²) in [4.78, 5) is 44.2. The minimum Gasteiger partial charge on any atom is -0.476 e. The van der Waals surface area contributed by atoms with E-state index in [9.17, 15) is 19.2 Å². The Morgan fingerprint density at radius 3 is 1.17 bits per heavy atom. The number of carboxylic acid groups (broad SMARTS) is 1. The molecular formula is C28H50O13. The van der Waals surface area contributed by atoms with Crippen molar-refractivity contribution in [3.63, 3.8) is 0 Å². The Kier molecular flexibility index (Phi) is 29.2. The summed E-state index contributed by atoms with van der Waals surface area (Å²) in [6.45, 7) is 7.11. The fraction of sp³-hybridized carbons (Fsp3) is 0.857. The highest BCUT2D eigenvalue weighted by Crippen LogP contribution is 2.07. The number of carbonyl (C=O) groups is 4. The van der Waals surface area contributed by atoms with E-state index in [-0.39, 0.29) is 38.6 Å². The summed E-state index contributed by atoms with van der Waals surface area (Å²) in [5, 5.41) is 8.43. The molecule has 0 heterocycles. The molecule has 0 spiro atoms. The number of hydrogen-bond donors (Lipinski definition) is 1. The van der Waals surface area contributed by atoms with Crippen LogP contribution in [0.15, 0.2) is 0 Å². The fourth-order valence-electron chi connectivity index (χ4n) is 3.15. The number of Topliss-reactive ketones (excluding diaryl/α,β-unsaturated/α-hetero) is 1. The van der Waals surface area contributed by atoms with Crippen molar-refractivity contribution in [1.82, 2.24) is 0 Å². The van der Waals surface area contributed by atoms with Crippen LogP contribution in [0.3, 0.4) is 0 Å². The van der Waals surface area contributed by atoms with E-state index in [0.29, 0.717) is 79.1 Å². The lowest BCUT2D eigenvalue weighted by Gasteiger charge is -2.09. The highest BCUT2D eigenvalue weighted by molar-refractivity contribution is 6.32. The van der Waals surface area contributed by atoms with Crippen LogP contribution in [0.5, 0.6) is 0 Å². The Labute approximate surface area is 243 Å². The maximum atomic E-state index is 11.6. The second-order valence-electron chi connectivity index (χ2n) is 8.86. The van der Waals surface area contributed by atoms with Gasteiger partial charge in [-0.1, -0.05) is 39.0 Å². The predicted molar refractivity (Wildman–Crippen MR) is 147 cm³/mol. The summed E-state index contributed by atoms with van der Waals surface area (Å²) in [7, 11) is 0. The standard InChI is InChI=1S/C28H50O13/c1-2-3-4-5-6-7-8-26(30)40-23-21-38-19-17-36-15-13-34-11-12-35-14-16-37-18-20-39-22-24-41-27(31)10-9-25(29)28(32)33/h2-24H2,1H3,(H,32,33). The van der Waals surface area contributed by atoms with Gasteiger partial charge < -0.3 is 43.0 Å². The smallest absolute Gasteiger partial charge is 0.372 e. The van der Waals surface area contributed by atoms with E-state index in [4.69, 9.17) is 43.0 Å². The molecule has 13 nitrogen and oxygen atoms in total. The van der Waals surface area contributed by atoms with E-state index in [1.807, 2.05) is 0 Å².